The largest absolute Gasteiger partial charge is 0.330 e. The Morgan fingerprint density at radius 3 is 2.22 bits per heavy atom. The van der Waals surface area contributed by atoms with Gasteiger partial charge >= 0.3 is 0 Å². The molecule has 0 saturated heterocycles. The minimum atomic E-state index is 0.792. The monoisotopic (exact) mass is 125 g/mol. The van der Waals surface area contributed by atoms with Crippen molar-refractivity contribution in [2.75, 3.05) is 6.54 Å². The Balaban J connectivity index is 2.26. The average Bonchev–Trinajstić information content (AvgIpc) is 2.13. The average molecular weight is 125 g/mol. The molecule has 0 aromatic heterocycles. The number of hydrogen-bond acceptors (Lipinski definition) is 1. The smallest absolute Gasteiger partial charge is 0.00486 e. The summed E-state index contributed by atoms with van der Waals surface area (Å²) in [7, 11) is 0. The van der Waals surface area contributed by atoms with Crippen LogP contribution in [0.4, 0.5) is 0 Å². The van der Waals surface area contributed by atoms with Crippen molar-refractivity contribution in [2.45, 2.75) is 25.7 Å². The molecule has 0 bridgehead atoms. The number of hydrogen-bond donors (Lipinski definition) is 1. The van der Waals surface area contributed by atoms with E-state index >= 15 is 0 Å². The maximum Gasteiger partial charge on any atom is -0.00486 e. The number of allylic oxidation sites excluding steroid dienone is 2. The maximum atomic E-state index is 5.54. The van der Waals surface area contributed by atoms with Gasteiger partial charge in [0.25, 0.3) is 0 Å². The van der Waals surface area contributed by atoms with Gasteiger partial charge in [-0.05, 0) is 38.1 Å². The summed E-state index contributed by atoms with van der Waals surface area (Å²) in [6.45, 7) is 0.877. The fourth-order valence-electron chi connectivity index (χ4n) is 1.28. The first kappa shape index (κ1) is 6.81. The molecule has 0 amide bonds. The Morgan fingerprint density at radius 2 is 1.78 bits per heavy atom. The van der Waals surface area contributed by atoms with Crippen molar-refractivity contribution in [3.63, 3.8) is 0 Å². The second-order valence-corrected chi connectivity index (χ2v) is 2.73. The van der Waals surface area contributed by atoms with Crippen molar-refractivity contribution < 1.29 is 0 Å². The van der Waals surface area contributed by atoms with Crippen LogP contribution < -0.4 is 5.73 Å². The molecule has 0 saturated carbocycles. The lowest BCUT2D eigenvalue weighted by molar-refractivity contribution is 0.478. The van der Waals surface area contributed by atoms with E-state index in [4.69, 9.17) is 5.73 Å². The third kappa shape index (κ3) is 2.19. The molecule has 1 nitrogen and oxygen atoms in total. The Morgan fingerprint density at radius 1 is 1.22 bits per heavy atom. The zero-order chi connectivity index (χ0) is 6.53. The lowest BCUT2D eigenvalue weighted by atomic mass is 10.0. The zero-order valence-electron chi connectivity index (χ0n) is 5.84. The maximum absolute atomic E-state index is 5.54. The molecule has 52 valence electrons. The quantitative estimate of drug-likeness (QED) is 0.530. The summed E-state index contributed by atoms with van der Waals surface area (Å²) in [5.74, 6) is 0.792. The first-order chi connectivity index (χ1) is 4.43. The molecule has 1 heteroatoms. The predicted molar refractivity (Wildman–Crippen MR) is 40.2 cm³/mol. The summed E-state index contributed by atoms with van der Waals surface area (Å²) in [5, 5.41) is 0. The van der Waals surface area contributed by atoms with Crippen molar-refractivity contribution in [3.05, 3.63) is 12.2 Å². The van der Waals surface area contributed by atoms with E-state index in [1.165, 1.54) is 25.7 Å². The predicted octanol–water partition coefficient (Wildman–Crippen LogP) is 1.69. The van der Waals surface area contributed by atoms with E-state index in [1.54, 1.807) is 0 Å². The molecule has 2 N–H and O–H groups in total. The van der Waals surface area contributed by atoms with Crippen LogP contribution in [0.2, 0.25) is 0 Å². The summed E-state index contributed by atoms with van der Waals surface area (Å²) >= 11 is 0. The Bertz CT molecular complexity index is 86.7. The fraction of sp³-hybridized carbons (Fsp3) is 0.750. The second kappa shape index (κ2) is 3.67. The molecule has 0 fully saturated rings. The van der Waals surface area contributed by atoms with Gasteiger partial charge in [0.2, 0.25) is 0 Å². The standard InChI is InChI=1S/C8H15N/c9-7-8-5-3-1-2-4-6-8/h1-2,8H,3-7,9H2. The van der Waals surface area contributed by atoms with Crippen LogP contribution in [0.1, 0.15) is 25.7 Å². The van der Waals surface area contributed by atoms with Gasteiger partial charge in [0.1, 0.15) is 0 Å². The molecule has 0 radical (unpaired) electrons. The van der Waals surface area contributed by atoms with Crippen LogP contribution >= 0.6 is 0 Å². The first-order valence-corrected chi connectivity index (χ1v) is 3.78. The normalized spacial score (nSPS) is 21.9. The van der Waals surface area contributed by atoms with Crippen LogP contribution in [0.3, 0.4) is 0 Å². The van der Waals surface area contributed by atoms with Crippen molar-refractivity contribution in [1.82, 2.24) is 0 Å². The third-order valence-electron chi connectivity index (χ3n) is 1.98. The molecule has 0 atom stereocenters. The van der Waals surface area contributed by atoms with Gasteiger partial charge in [0.15, 0.2) is 0 Å². The Hall–Kier alpha value is -0.300. The van der Waals surface area contributed by atoms with E-state index in [1.807, 2.05) is 0 Å². The van der Waals surface area contributed by atoms with E-state index in [0.717, 1.165) is 12.5 Å². The van der Waals surface area contributed by atoms with E-state index in [9.17, 15) is 0 Å². The molecular formula is C8H15N. The van der Waals surface area contributed by atoms with Crippen LogP contribution in [0, 0.1) is 5.92 Å². The Labute approximate surface area is 56.9 Å². The highest BCUT2D eigenvalue weighted by Crippen LogP contribution is 2.16. The molecule has 1 aliphatic carbocycles. The lowest BCUT2D eigenvalue weighted by Crippen LogP contribution is -2.12. The van der Waals surface area contributed by atoms with Gasteiger partial charge in [-0.1, -0.05) is 12.2 Å². The molecule has 1 rings (SSSR count). The molecule has 0 aliphatic heterocycles. The van der Waals surface area contributed by atoms with Crippen LogP contribution in [-0.4, -0.2) is 6.54 Å². The van der Waals surface area contributed by atoms with Crippen LogP contribution in [0.25, 0.3) is 0 Å². The van der Waals surface area contributed by atoms with Gasteiger partial charge in [0, 0.05) is 0 Å². The highest BCUT2D eigenvalue weighted by atomic mass is 14.5. The van der Waals surface area contributed by atoms with Crippen LogP contribution in [0.5, 0.6) is 0 Å². The number of rotatable bonds is 1. The van der Waals surface area contributed by atoms with E-state index in [2.05, 4.69) is 12.2 Å². The summed E-state index contributed by atoms with van der Waals surface area (Å²) in [6.07, 6.45) is 9.62. The Kier molecular flexibility index (Phi) is 2.78. The molecule has 0 aromatic rings. The van der Waals surface area contributed by atoms with E-state index in [0.29, 0.717) is 0 Å². The second-order valence-electron chi connectivity index (χ2n) is 2.73. The molecule has 0 unspecified atom stereocenters. The summed E-state index contributed by atoms with van der Waals surface area (Å²) in [4.78, 5) is 0. The van der Waals surface area contributed by atoms with Gasteiger partial charge in [-0.15, -0.1) is 0 Å². The van der Waals surface area contributed by atoms with Crippen molar-refractivity contribution in [3.8, 4) is 0 Å². The van der Waals surface area contributed by atoms with Crippen LogP contribution in [-0.2, 0) is 0 Å². The molecular weight excluding hydrogens is 110 g/mol. The first-order valence-electron chi connectivity index (χ1n) is 3.78. The topological polar surface area (TPSA) is 26.0 Å². The summed E-state index contributed by atoms with van der Waals surface area (Å²) < 4.78 is 0. The van der Waals surface area contributed by atoms with Gasteiger partial charge in [-0.25, -0.2) is 0 Å². The van der Waals surface area contributed by atoms with Crippen LogP contribution in [0.15, 0.2) is 12.2 Å². The van der Waals surface area contributed by atoms with Gasteiger partial charge in [-0.3, -0.25) is 0 Å². The van der Waals surface area contributed by atoms with Gasteiger partial charge < -0.3 is 5.73 Å². The molecule has 0 aromatic carbocycles. The van der Waals surface area contributed by atoms with Crippen molar-refractivity contribution in [2.24, 2.45) is 11.7 Å². The lowest BCUT2D eigenvalue weighted by Gasteiger charge is -2.08. The zero-order valence-corrected chi connectivity index (χ0v) is 5.84. The van der Waals surface area contributed by atoms with E-state index < -0.39 is 0 Å². The van der Waals surface area contributed by atoms with Crippen molar-refractivity contribution >= 4 is 0 Å². The van der Waals surface area contributed by atoms with E-state index in [-0.39, 0.29) is 0 Å². The highest BCUT2D eigenvalue weighted by molar-refractivity contribution is 4.86. The minimum Gasteiger partial charge on any atom is -0.330 e. The van der Waals surface area contributed by atoms with Gasteiger partial charge in [-0.2, -0.15) is 0 Å². The van der Waals surface area contributed by atoms with Crippen molar-refractivity contribution in [1.29, 1.82) is 0 Å². The molecule has 1 aliphatic rings. The molecule has 9 heavy (non-hydrogen) atoms. The summed E-state index contributed by atoms with van der Waals surface area (Å²) in [5.41, 5.74) is 5.54. The minimum absolute atomic E-state index is 0.792. The highest BCUT2D eigenvalue weighted by Gasteiger charge is 2.05. The SMILES string of the molecule is NCC1CCC=CCC1. The summed E-state index contributed by atoms with van der Waals surface area (Å²) in [6, 6.07) is 0. The van der Waals surface area contributed by atoms with Gasteiger partial charge in [0.05, 0.1) is 0 Å². The third-order valence-corrected chi connectivity index (χ3v) is 1.98. The molecule has 0 spiro atoms. The number of nitrogens with two attached hydrogens (primary N) is 1. The fourth-order valence-corrected chi connectivity index (χ4v) is 1.28. The molecule has 0 heterocycles.